The summed E-state index contributed by atoms with van der Waals surface area (Å²) in [5, 5.41) is 14.9. The van der Waals surface area contributed by atoms with Gasteiger partial charge in [0.1, 0.15) is 12.3 Å². The van der Waals surface area contributed by atoms with Crippen LogP contribution in [0.15, 0.2) is 53.0 Å². The molecule has 0 fully saturated rings. The topological polar surface area (TPSA) is 81.9 Å². The summed E-state index contributed by atoms with van der Waals surface area (Å²) >= 11 is 3.38. The summed E-state index contributed by atoms with van der Waals surface area (Å²) in [7, 11) is 0. The van der Waals surface area contributed by atoms with Crippen LogP contribution in [-0.4, -0.2) is 32.7 Å². The van der Waals surface area contributed by atoms with E-state index in [1.807, 2.05) is 31.2 Å². The number of amides is 1. The fourth-order valence-electron chi connectivity index (χ4n) is 2.15. The average Bonchev–Trinajstić information content (AvgIpc) is 3.06. The standard InChI is InChI=1S/C17H16BrN5O2/c1-2-25-15-9-7-14(8-10-15)19-16(24)11-23-21-17(20-22-23)12-3-5-13(18)6-4-12/h3-10H,2,11H2,1H3,(H,19,24). The number of rotatable bonds is 6. The predicted octanol–water partition coefficient (Wildman–Crippen LogP) is 3.14. The summed E-state index contributed by atoms with van der Waals surface area (Å²) in [6, 6.07) is 14.7. The highest BCUT2D eigenvalue weighted by molar-refractivity contribution is 9.10. The molecule has 0 aliphatic heterocycles. The molecule has 0 saturated carbocycles. The molecule has 1 heterocycles. The van der Waals surface area contributed by atoms with Crippen LogP contribution in [-0.2, 0) is 11.3 Å². The lowest BCUT2D eigenvalue weighted by Gasteiger charge is -2.06. The van der Waals surface area contributed by atoms with Crippen LogP contribution in [0.2, 0.25) is 0 Å². The van der Waals surface area contributed by atoms with Crippen molar-refractivity contribution in [1.29, 1.82) is 0 Å². The van der Waals surface area contributed by atoms with E-state index in [2.05, 4.69) is 36.7 Å². The number of hydrogen-bond acceptors (Lipinski definition) is 5. The van der Waals surface area contributed by atoms with Crippen molar-refractivity contribution in [3.63, 3.8) is 0 Å². The minimum absolute atomic E-state index is 0.0171. The lowest BCUT2D eigenvalue weighted by Crippen LogP contribution is -2.20. The Morgan fingerprint density at radius 3 is 2.56 bits per heavy atom. The number of anilines is 1. The Hall–Kier alpha value is -2.74. The third kappa shape index (κ3) is 4.63. The van der Waals surface area contributed by atoms with Gasteiger partial charge in [0.2, 0.25) is 11.7 Å². The monoisotopic (exact) mass is 401 g/mol. The van der Waals surface area contributed by atoms with Crippen molar-refractivity contribution in [2.75, 3.05) is 11.9 Å². The second-order valence-electron chi connectivity index (χ2n) is 5.16. The first-order valence-corrected chi connectivity index (χ1v) is 8.50. The van der Waals surface area contributed by atoms with Crippen LogP contribution in [0.25, 0.3) is 11.4 Å². The van der Waals surface area contributed by atoms with E-state index in [9.17, 15) is 4.79 Å². The number of nitrogens with one attached hydrogen (secondary N) is 1. The molecular formula is C17H16BrN5O2. The zero-order valence-corrected chi connectivity index (χ0v) is 15.1. The van der Waals surface area contributed by atoms with Gasteiger partial charge in [0.15, 0.2) is 0 Å². The van der Waals surface area contributed by atoms with Gasteiger partial charge in [0.05, 0.1) is 6.61 Å². The molecule has 7 nitrogen and oxygen atoms in total. The van der Waals surface area contributed by atoms with Gasteiger partial charge in [-0.1, -0.05) is 15.9 Å². The van der Waals surface area contributed by atoms with Crippen molar-refractivity contribution in [2.45, 2.75) is 13.5 Å². The molecule has 0 unspecified atom stereocenters. The molecule has 25 heavy (non-hydrogen) atoms. The van der Waals surface area contributed by atoms with E-state index >= 15 is 0 Å². The third-order valence-electron chi connectivity index (χ3n) is 3.29. The van der Waals surface area contributed by atoms with Gasteiger partial charge >= 0.3 is 0 Å². The molecule has 1 amide bonds. The maximum absolute atomic E-state index is 12.1. The van der Waals surface area contributed by atoms with Crippen molar-refractivity contribution >= 4 is 27.5 Å². The molecular weight excluding hydrogens is 386 g/mol. The van der Waals surface area contributed by atoms with E-state index in [0.717, 1.165) is 15.8 Å². The Bertz CT molecular complexity index is 846. The largest absolute Gasteiger partial charge is 0.494 e. The van der Waals surface area contributed by atoms with Gasteiger partial charge in [-0.15, -0.1) is 10.2 Å². The molecule has 3 rings (SSSR count). The molecule has 0 radical (unpaired) electrons. The van der Waals surface area contributed by atoms with E-state index in [4.69, 9.17) is 4.74 Å². The summed E-state index contributed by atoms with van der Waals surface area (Å²) in [5.74, 6) is 1.00. The Balaban J connectivity index is 1.60. The first-order chi connectivity index (χ1) is 12.1. The summed E-state index contributed by atoms with van der Waals surface area (Å²) in [4.78, 5) is 13.4. The molecule has 0 aliphatic carbocycles. The van der Waals surface area contributed by atoms with Gasteiger partial charge < -0.3 is 10.1 Å². The van der Waals surface area contributed by atoms with Crippen LogP contribution in [0.3, 0.4) is 0 Å². The molecule has 0 spiro atoms. The Morgan fingerprint density at radius 2 is 1.88 bits per heavy atom. The number of benzene rings is 2. The van der Waals surface area contributed by atoms with E-state index in [1.165, 1.54) is 4.80 Å². The van der Waals surface area contributed by atoms with Gasteiger partial charge in [0, 0.05) is 15.7 Å². The summed E-state index contributed by atoms with van der Waals surface area (Å²) < 4.78 is 6.34. The second-order valence-corrected chi connectivity index (χ2v) is 6.07. The van der Waals surface area contributed by atoms with Crippen LogP contribution in [0, 0.1) is 0 Å². The van der Waals surface area contributed by atoms with Gasteiger partial charge in [-0.2, -0.15) is 4.80 Å². The molecule has 0 atom stereocenters. The van der Waals surface area contributed by atoms with Crippen molar-refractivity contribution in [3.05, 3.63) is 53.0 Å². The third-order valence-corrected chi connectivity index (χ3v) is 3.82. The summed E-state index contributed by atoms with van der Waals surface area (Å²) in [6.07, 6.45) is 0. The minimum atomic E-state index is -0.232. The van der Waals surface area contributed by atoms with E-state index in [1.54, 1.807) is 24.3 Å². The maximum atomic E-state index is 12.1. The number of carbonyl (C=O) groups excluding carboxylic acids is 1. The van der Waals surface area contributed by atoms with Crippen molar-refractivity contribution in [3.8, 4) is 17.1 Å². The highest BCUT2D eigenvalue weighted by Crippen LogP contribution is 2.18. The molecule has 128 valence electrons. The lowest BCUT2D eigenvalue weighted by atomic mass is 10.2. The maximum Gasteiger partial charge on any atom is 0.248 e. The number of hydrogen-bond donors (Lipinski definition) is 1. The first kappa shape index (κ1) is 17.1. The molecule has 8 heteroatoms. The molecule has 2 aromatic carbocycles. The van der Waals surface area contributed by atoms with Crippen molar-refractivity contribution in [1.82, 2.24) is 20.2 Å². The van der Waals surface area contributed by atoms with Crippen LogP contribution < -0.4 is 10.1 Å². The number of carbonyl (C=O) groups is 1. The van der Waals surface area contributed by atoms with Gasteiger partial charge in [-0.3, -0.25) is 4.79 Å². The quantitative estimate of drug-likeness (QED) is 0.685. The zero-order chi connectivity index (χ0) is 17.6. The fraction of sp³-hybridized carbons (Fsp3) is 0.176. The van der Waals surface area contributed by atoms with Crippen molar-refractivity contribution in [2.24, 2.45) is 0 Å². The van der Waals surface area contributed by atoms with Crippen LogP contribution in [0.1, 0.15) is 6.92 Å². The first-order valence-electron chi connectivity index (χ1n) is 7.70. The molecule has 0 aliphatic rings. The highest BCUT2D eigenvalue weighted by Gasteiger charge is 2.09. The predicted molar refractivity (Wildman–Crippen MR) is 97.2 cm³/mol. The highest BCUT2D eigenvalue weighted by atomic mass is 79.9. The Kier molecular flexibility index (Phi) is 5.39. The SMILES string of the molecule is CCOc1ccc(NC(=O)Cn2nnc(-c3ccc(Br)cc3)n2)cc1. The van der Waals surface area contributed by atoms with Crippen molar-refractivity contribution < 1.29 is 9.53 Å². The summed E-state index contributed by atoms with van der Waals surface area (Å²) in [6.45, 7) is 2.50. The number of aromatic nitrogens is 4. The minimum Gasteiger partial charge on any atom is -0.494 e. The molecule has 1 N–H and O–H groups in total. The molecule has 3 aromatic rings. The molecule has 0 saturated heterocycles. The van der Waals surface area contributed by atoms with Crippen LogP contribution in [0.5, 0.6) is 5.75 Å². The number of ether oxygens (including phenoxy) is 1. The van der Waals surface area contributed by atoms with Crippen LogP contribution in [0.4, 0.5) is 5.69 Å². The van der Waals surface area contributed by atoms with E-state index < -0.39 is 0 Å². The van der Waals surface area contributed by atoms with Gasteiger partial charge in [-0.05, 0) is 60.7 Å². The normalized spacial score (nSPS) is 10.5. The number of tetrazole rings is 1. The average molecular weight is 402 g/mol. The molecule has 0 bridgehead atoms. The fourth-order valence-corrected chi connectivity index (χ4v) is 2.42. The second kappa shape index (κ2) is 7.89. The van der Waals surface area contributed by atoms with E-state index in [-0.39, 0.29) is 12.5 Å². The van der Waals surface area contributed by atoms with E-state index in [0.29, 0.717) is 18.1 Å². The summed E-state index contributed by atoms with van der Waals surface area (Å²) in [5.41, 5.74) is 1.52. The number of nitrogens with zero attached hydrogens (tertiary/aromatic N) is 4. The number of halogens is 1. The van der Waals surface area contributed by atoms with Crippen LogP contribution >= 0.6 is 15.9 Å². The zero-order valence-electron chi connectivity index (χ0n) is 13.5. The molecule has 1 aromatic heterocycles. The van der Waals surface area contributed by atoms with Gasteiger partial charge in [0.25, 0.3) is 0 Å². The lowest BCUT2D eigenvalue weighted by molar-refractivity contribution is -0.117. The smallest absolute Gasteiger partial charge is 0.248 e. The Morgan fingerprint density at radius 1 is 1.16 bits per heavy atom. The Labute approximate surface area is 153 Å². The van der Waals surface area contributed by atoms with Gasteiger partial charge in [-0.25, -0.2) is 0 Å².